The Morgan fingerprint density at radius 2 is 2.16 bits per heavy atom. The van der Waals surface area contributed by atoms with Gasteiger partial charge in [0.05, 0.1) is 12.1 Å². The molecular weight excluding hydrogens is 240 g/mol. The molecule has 1 fully saturated rings. The number of aliphatic hydroxyl groups is 1. The van der Waals surface area contributed by atoms with Gasteiger partial charge in [-0.1, -0.05) is 26.7 Å². The van der Waals surface area contributed by atoms with Crippen LogP contribution in [-0.4, -0.2) is 35.2 Å². The molecule has 0 aliphatic heterocycles. The lowest BCUT2D eigenvalue weighted by Gasteiger charge is -2.35. The second-order valence-corrected chi connectivity index (χ2v) is 6.82. The molecule has 0 aromatic carbocycles. The van der Waals surface area contributed by atoms with Crippen molar-refractivity contribution in [2.75, 3.05) is 13.1 Å². The lowest BCUT2D eigenvalue weighted by Crippen LogP contribution is -2.50. The first-order valence-electron chi connectivity index (χ1n) is 7.50. The van der Waals surface area contributed by atoms with Crippen LogP contribution in [-0.2, 0) is 4.79 Å². The van der Waals surface area contributed by atoms with Gasteiger partial charge in [0.25, 0.3) is 0 Å². The van der Waals surface area contributed by atoms with E-state index < -0.39 is 5.60 Å². The fraction of sp³-hybridized carbons (Fsp3) is 0.933. The van der Waals surface area contributed by atoms with Crippen molar-refractivity contribution in [3.63, 3.8) is 0 Å². The van der Waals surface area contributed by atoms with Gasteiger partial charge in [0.15, 0.2) is 0 Å². The average Bonchev–Trinajstić information content (AvgIpc) is 2.27. The van der Waals surface area contributed by atoms with Crippen molar-refractivity contribution in [3.05, 3.63) is 0 Å². The summed E-state index contributed by atoms with van der Waals surface area (Å²) in [4.78, 5) is 11.8. The summed E-state index contributed by atoms with van der Waals surface area (Å²) >= 11 is 0. The zero-order chi connectivity index (χ0) is 14.5. The molecule has 2 atom stereocenters. The van der Waals surface area contributed by atoms with Crippen LogP contribution in [0.15, 0.2) is 0 Å². The molecule has 1 saturated carbocycles. The maximum absolute atomic E-state index is 11.8. The molecule has 0 bridgehead atoms. The number of hydrogen-bond acceptors (Lipinski definition) is 3. The molecule has 1 aliphatic rings. The number of carbonyl (C=O) groups excluding carboxylic acids is 1. The molecule has 0 heterocycles. The van der Waals surface area contributed by atoms with Gasteiger partial charge in [0.1, 0.15) is 0 Å². The van der Waals surface area contributed by atoms with Crippen LogP contribution in [0.25, 0.3) is 0 Å². The summed E-state index contributed by atoms with van der Waals surface area (Å²) in [6.07, 6.45) is 4.86. The predicted octanol–water partition coefficient (Wildman–Crippen LogP) is 1.82. The summed E-state index contributed by atoms with van der Waals surface area (Å²) in [5, 5.41) is 16.5. The van der Waals surface area contributed by atoms with E-state index in [2.05, 4.69) is 24.5 Å². The Morgan fingerprint density at radius 1 is 1.47 bits per heavy atom. The smallest absolute Gasteiger partial charge is 0.234 e. The maximum atomic E-state index is 11.8. The Morgan fingerprint density at radius 3 is 2.74 bits per heavy atom. The number of amides is 1. The van der Waals surface area contributed by atoms with Crippen LogP contribution in [0, 0.1) is 5.92 Å². The second kappa shape index (κ2) is 6.71. The molecule has 19 heavy (non-hydrogen) atoms. The Bertz CT molecular complexity index is 305. The normalized spacial score (nSPS) is 28.2. The minimum absolute atomic E-state index is 0.000641. The fourth-order valence-corrected chi connectivity index (χ4v) is 2.71. The van der Waals surface area contributed by atoms with Crippen LogP contribution < -0.4 is 10.6 Å². The Hall–Kier alpha value is -0.610. The van der Waals surface area contributed by atoms with E-state index in [1.807, 2.05) is 13.8 Å². The third-order valence-corrected chi connectivity index (χ3v) is 4.17. The van der Waals surface area contributed by atoms with E-state index in [0.717, 1.165) is 25.7 Å². The molecule has 1 amide bonds. The van der Waals surface area contributed by atoms with Crippen molar-refractivity contribution < 1.29 is 9.90 Å². The molecule has 0 aromatic rings. The zero-order valence-corrected chi connectivity index (χ0v) is 12.9. The lowest BCUT2D eigenvalue weighted by atomic mass is 9.79. The van der Waals surface area contributed by atoms with Gasteiger partial charge in [-0.3, -0.25) is 4.79 Å². The lowest BCUT2D eigenvalue weighted by molar-refractivity contribution is -0.122. The fourth-order valence-electron chi connectivity index (χ4n) is 2.71. The molecule has 4 heteroatoms. The van der Waals surface area contributed by atoms with Gasteiger partial charge < -0.3 is 15.7 Å². The van der Waals surface area contributed by atoms with Gasteiger partial charge in [-0.25, -0.2) is 0 Å². The summed E-state index contributed by atoms with van der Waals surface area (Å²) in [5.41, 5.74) is -0.784. The number of nitrogens with one attached hydrogen (secondary N) is 2. The van der Waals surface area contributed by atoms with Crippen molar-refractivity contribution in [1.82, 2.24) is 10.6 Å². The molecule has 0 saturated heterocycles. The van der Waals surface area contributed by atoms with Crippen LogP contribution in [0.1, 0.15) is 59.8 Å². The van der Waals surface area contributed by atoms with E-state index in [0.29, 0.717) is 12.5 Å². The number of hydrogen-bond donors (Lipinski definition) is 3. The van der Waals surface area contributed by atoms with Crippen LogP contribution in [0.4, 0.5) is 0 Å². The van der Waals surface area contributed by atoms with Crippen LogP contribution in [0.2, 0.25) is 0 Å². The highest BCUT2D eigenvalue weighted by Gasteiger charge is 2.32. The van der Waals surface area contributed by atoms with E-state index in [9.17, 15) is 9.90 Å². The third kappa shape index (κ3) is 5.91. The van der Waals surface area contributed by atoms with Crippen molar-refractivity contribution in [2.24, 2.45) is 5.92 Å². The first-order chi connectivity index (χ1) is 8.76. The summed E-state index contributed by atoms with van der Waals surface area (Å²) in [6.45, 7) is 9.06. The van der Waals surface area contributed by atoms with Gasteiger partial charge in [-0.05, 0) is 39.0 Å². The van der Waals surface area contributed by atoms with Crippen molar-refractivity contribution in [2.45, 2.75) is 70.9 Å². The van der Waals surface area contributed by atoms with E-state index in [1.54, 1.807) is 0 Å². The first kappa shape index (κ1) is 16.4. The average molecular weight is 270 g/mol. The Labute approximate surface area is 117 Å². The van der Waals surface area contributed by atoms with Crippen LogP contribution in [0.3, 0.4) is 0 Å². The van der Waals surface area contributed by atoms with Gasteiger partial charge in [0, 0.05) is 12.1 Å². The van der Waals surface area contributed by atoms with Gasteiger partial charge in [-0.2, -0.15) is 0 Å². The SMILES string of the molecule is CCC(C)(C)NC(=O)CNCC1(O)CCCC(C)C1. The van der Waals surface area contributed by atoms with Crippen molar-refractivity contribution >= 4 is 5.91 Å². The number of rotatable bonds is 6. The molecule has 1 rings (SSSR count). The monoisotopic (exact) mass is 270 g/mol. The van der Waals surface area contributed by atoms with Gasteiger partial charge in [-0.15, -0.1) is 0 Å². The van der Waals surface area contributed by atoms with E-state index >= 15 is 0 Å². The van der Waals surface area contributed by atoms with E-state index in [1.165, 1.54) is 6.42 Å². The quantitative estimate of drug-likeness (QED) is 0.690. The second-order valence-electron chi connectivity index (χ2n) is 6.82. The molecule has 0 radical (unpaired) electrons. The molecule has 3 N–H and O–H groups in total. The molecular formula is C15H30N2O2. The van der Waals surface area contributed by atoms with Crippen LogP contribution in [0.5, 0.6) is 0 Å². The molecule has 4 nitrogen and oxygen atoms in total. The summed E-state index contributed by atoms with van der Waals surface area (Å²) in [7, 11) is 0. The molecule has 0 spiro atoms. The highest BCUT2D eigenvalue weighted by molar-refractivity contribution is 5.78. The Kier molecular flexibility index (Phi) is 5.81. The maximum Gasteiger partial charge on any atom is 0.234 e. The van der Waals surface area contributed by atoms with Gasteiger partial charge in [0.2, 0.25) is 5.91 Å². The van der Waals surface area contributed by atoms with Gasteiger partial charge >= 0.3 is 0 Å². The highest BCUT2D eigenvalue weighted by atomic mass is 16.3. The molecule has 1 aliphatic carbocycles. The largest absolute Gasteiger partial charge is 0.389 e. The topological polar surface area (TPSA) is 61.4 Å². The highest BCUT2D eigenvalue weighted by Crippen LogP contribution is 2.31. The zero-order valence-electron chi connectivity index (χ0n) is 12.9. The van der Waals surface area contributed by atoms with Crippen molar-refractivity contribution in [1.29, 1.82) is 0 Å². The predicted molar refractivity (Wildman–Crippen MR) is 78.0 cm³/mol. The third-order valence-electron chi connectivity index (χ3n) is 4.17. The summed E-state index contributed by atoms with van der Waals surface area (Å²) in [6, 6.07) is 0. The molecule has 112 valence electrons. The Balaban J connectivity index is 2.28. The van der Waals surface area contributed by atoms with Crippen molar-refractivity contribution in [3.8, 4) is 0 Å². The minimum atomic E-state index is -0.627. The summed E-state index contributed by atoms with van der Waals surface area (Å²) < 4.78 is 0. The minimum Gasteiger partial charge on any atom is -0.389 e. The number of carbonyl (C=O) groups is 1. The van der Waals surface area contributed by atoms with E-state index in [-0.39, 0.29) is 18.0 Å². The standard InChI is InChI=1S/C15H30N2O2/c1-5-14(3,4)17-13(18)10-16-11-15(19)8-6-7-12(2)9-15/h12,16,19H,5-11H2,1-4H3,(H,17,18). The molecule has 2 unspecified atom stereocenters. The first-order valence-corrected chi connectivity index (χ1v) is 7.50. The molecule has 0 aromatic heterocycles. The van der Waals surface area contributed by atoms with Crippen LogP contribution >= 0.6 is 0 Å². The van der Waals surface area contributed by atoms with E-state index in [4.69, 9.17) is 0 Å². The summed E-state index contributed by atoms with van der Waals surface area (Å²) in [5.74, 6) is 0.577.